The molecule has 0 aromatic rings. The smallest absolute Gasteiger partial charge is 0.155 e. The Bertz CT molecular complexity index is 687. The van der Waals surface area contributed by atoms with Gasteiger partial charge in [-0.25, -0.2) is 0 Å². The minimum Gasteiger partial charge on any atom is -0.295 e. The first kappa shape index (κ1) is 15.2. The number of ketones is 1. The molecule has 0 amide bonds. The molecule has 4 saturated carbocycles. The van der Waals surface area contributed by atoms with Crippen LogP contribution in [0.2, 0.25) is 0 Å². The van der Waals surface area contributed by atoms with Gasteiger partial charge in [-0.15, -0.1) is 0 Å². The number of allylic oxidation sites excluding steroid dienone is 1. The molecule has 2 nitrogen and oxygen atoms in total. The minimum absolute atomic E-state index is 0.243. The summed E-state index contributed by atoms with van der Waals surface area (Å²) in [5, 5.41) is 9.79. The van der Waals surface area contributed by atoms with E-state index in [-0.39, 0.29) is 10.8 Å². The van der Waals surface area contributed by atoms with Crippen LogP contribution in [0.25, 0.3) is 0 Å². The second-order valence-electron chi connectivity index (χ2n) is 10.1. The molecule has 0 aromatic carbocycles. The quantitative estimate of drug-likeness (QED) is 0.645. The van der Waals surface area contributed by atoms with Crippen molar-refractivity contribution in [1.82, 2.24) is 0 Å². The Labute approximate surface area is 145 Å². The van der Waals surface area contributed by atoms with Crippen LogP contribution in [0.3, 0.4) is 0 Å². The second-order valence-corrected chi connectivity index (χ2v) is 10.1. The van der Waals surface area contributed by atoms with Crippen LogP contribution in [0.5, 0.6) is 0 Å². The summed E-state index contributed by atoms with van der Waals surface area (Å²) >= 11 is 0. The van der Waals surface area contributed by atoms with Gasteiger partial charge in [0.05, 0.1) is 12.0 Å². The maximum absolute atomic E-state index is 12.0. The van der Waals surface area contributed by atoms with Gasteiger partial charge in [-0.1, -0.05) is 26.3 Å². The third-order valence-corrected chi connectivity index (χ3v) is 9.21. The Hall–Kier alpha value is -1.10. The van der Waals surface area contributed by atoms with E-state index in [4.69, 9.17) is 0 Å². The van der Waals surface area contributed by atoms with Crippen molar-refractivity contribution in [2.75, 3.05) is 0 Å². The van der Waals surface area contributed by atoms with E-state index in [2.05, 4.69) is 26.8 Å². The normalized spacial score (nSPS) is 57.8. The van der Waals surface area contributed by atoms with Gasteiger partial charge in [-0.2, -0.15) is 5.26 Å². The van der Waals surface area contributed by atoms with Crippen molar-refractivity contribution in [3.63, 3.8) is 0 Å². The van der Waals surface area contributed by atoms with Crippen LogP contribution in [0.4, 0.5) is 0 Å². The highest BCUT2D eigenvalue weighted by molar-refractivity contribution is 5.91. The molecule has 5 aliphatic rings. The lowest BCUT2D eigenvalue weighted by Crippen LogP contribution is -2.53. The Morgan fingerprint density at radius 2 is 1.96 bits per heavy atom. The minimum atomic E-state index is 0.243. The standard InChI is InChI=1S/C22H29NO/c1-12-8-16-17(21(2)6-4-13(24)9-18(12)21)5-7-22(3)19(11-23)14-10-15(14)20(16)22/h9,12,14-17,19-20H,4-8,10H2,1-3H3/t12-,14+,15-,16-,17+,19+,20+,21-,22-/m1/s1. The average molecular weight is 323 g/mol. The predicted octanol–water partition coefficient (Wildman–Crippen LogP) is 4.76. The summed E-state index contributed by atoms with van der Waals surface area (Å²) in [6, 6.07) is 2.72. The third kappa shape index (κ3) is 1.65. The van der Waals surface area contributed by atoms with Crippen LogP contribution in [0.15, 0.2) is 11.6 Å². The molecule has 4 fully saturated rings. The van der Waals surface area contributed by atoms with Crippen molar-refractivity contribution in [2.24, 2.45) is 52.3 Å². The van der Waals surface area contributed by atoms with E-state index in [1.807, 2.05) is 6.08 Å². The van der Waals surface area contributed by atoms with E-state index in [1.165, 1.54) is 31.3 Å². The van der Waals surface area contributed by atoms with Crippen molar-refractivity contribution < 1.29 is 4.79 Å². The monoisotopic (exact) mass is 323 g/mol. The topological polar surface area (TPSA) is 40.9 Å². The lowest BCUT2D eigenvalue weighted by atomic mass is 9.44. The molecule has 0 aromatic heterocycles. The number of nitrogens with zero attached hydrogens (tertiary/aromatic N) is 1. The number of hydrogen-bond donors (Lipinski definition) is 0. The van der Waals surface area contributed by atoms with Crippen LogP contribution < -0.4 is 0 Å². The molecule has 0 unspecified atom stereocenters. The first-order valence-electron chi connectivity index (χ1n) is 10.0. The average Bonchev–Trinajstić information content (AvgIpc) is 3.24. The van der Waals surface area contributed by atoms with Gasteiger partial charge in [0.15, 0.2) is 5.78 Å². The van der Waals surface area contributed by atoms with Crippen molar-refractivity contribution in [1.29, 1.82) is 5.26 Å². The number of carbonyl (C=O) groups is 1. The van der Waals surface area contributed by atoms with E-state index >= 15 is 0 Å². The summed E-state index contributed by atoms with van der Waals surface area (Å²) in [5.74, 6) is 5.02. The summed E-state index contributed by atoms with van der Waals surface area (Å²) in [4.78, 5) is 12.0. The fraction of sp³-hybridized carbons (Fsp3) is 0.818. The van der Waals surface area contributed by atoms with Crippen molar-refractivity contribution >= 4 is 5.78 Å². The van der Waals surface area contributed by atoms with E-state index < -0.39 is 0 Å². The molecule has 128 valence electrons. The summed E-state index contributed by atoms with van der Waals surface area (Å²) < 4.78 is 0. The van der Waals surface area contributed by atoms with Gasteiger partial charge >= 0.3 is 0 Å². The number of carbonyl (C=O) groups excluding carboxylic acids is 1. The Balaban J connectivity index is 1.56. The van der Waals surface area contributed by atoms with Crippen molar-refractivity contribution in [2.45, 2.75) is 59.3 Å². The molecule has 0 radical (unpaired) electrons. The highest BCUT2D eigenvalue weighted by atomic mass is 16.1. The van der Waals surface area contributed by atoms with Crippen molar-refractivity contribution in [3.8, 4) is 6.07 Å². The molecule has 0 bridgehead atoms. The third-order valence-electron chi connectivity index (χ3n) is 9.21. The number of nitriles is 1. The lowest BCUT2D eigenvalue weighted by Gasteiger charge is -2.60. The first-order chi connectivity index (χ1) is 11.4. The van der Waals surface area contributed by atoms with E-state index in [9.17, 15) is 10.1 Å². The first-order valence-corrected chi connectivity index (χ1v) is 10.0. The number of fused-ring (bicyclic) bond motifs is 7. The number of hydrogen-bond acceptors (Lipinski definition) is 2. The highest BCUT2D eigenvalue weighted by Crippen LogP contribution is 2.75. The zero-order valence-electron chi connectivity index (χ0n) is 15.2. The van der Waals surface area contributed by atoms with E-state index in [1.54, 1.807) is 0 Å². The molecule has 5 aliphatic carbocycles. The van der Waals surface area contributed by atoms with Gasteiger partial charge in [0.1, 0.15) is 0 Å². The molecule has 9 atom stereocenters. The Morgan fingerprint density at radius 1 is 1.17 bits per heavy atom. The van der Waals surface area contributed by atoms with Gasteiger partial charge in [0.25, 0.3) is 0 Å². The molecule has 0 N–H and O–H groups in total. The number of rotatable bonds is 0. The maximum Gasteiger partial charge on any atom is 0.155 e. The molecule has 0 heterocycles. The summed E-state index contributed by atoms with van der Waals surface area (Å²) in [5.41, 5.74) is 1.98. The fourth-order valence-electron chi connectivity index (χ4n) is 8.20. The molecule has 0 spiro atoms. The largest absolute Gasteiger partial charge is 0.295 e. The molecule has 5 rings (SSSR count). The summed E-state index contributed by atoms with van der Waals surface area (Å²) in [6.07, 6.45) is 8.88. The van der Waals surface area contributed by atoms with Crippen LogP contribution in [0.1, 0.15) is 59.3 Å². The van der Waals surface area contributed by atoms with E-state index in [0.717, 1.165) is 36.5 Å². The van der Waals surface area contributed by atoms with E-state index in [0.29, 0.717) is 23.5 Å². The zero-order chi connectivity index (χ0) is 16.9. The van der Waals surface area contributed by atoms with Gasteiger partial charge in [0, 0.05) is 6.42 Å². The summed E-state index contributed by atoms with van der Waals surface area (Å²) in [7, 11) is 0. The lowest BCUT2D eigenvalue weighted by molar-refractivity contribution is -0.118. The maximum atomic E-state index is 12.0. The predicted molar refractivity (Wildman–Crippen MR) is 92.7 cm³/mol. The van der Waals surface area contributed by atoms with Gasteiger partial charge in [-0.05, 0) is 84.5 Å². The summed E-state index contributed by atoms with van der Waals surface area (Å²) in [6.45, 7) is 7.25. The fourth-order valence-corrected chi connectivity index (χ4v) is 8.20. The molecule has 2 heteroatoms. The SMILES string of the molecule is C[C@@H]1C[C@H]2[C@@H]3[C@@H]4C[C@@H]4[C@H](C#N)[C@@]3(C)CC[C@@H]2[C@@]2(C)CCC(=O)C=C12. The molecule has 24 heavy (non-hydrogen) atoms. The van der Waals surface area contributed by atoms with Gasteiger partial charge < -0.3 is 0 Å². The van der Waals surface area contributed by atoms with Crippen molar-refractivity contribution in [3.05, 3.63) is 11.6 Å². The zero-order valence-corrected chi connectivity index (χ0v) is 15.2. The Kier molecular flexibility index (Phi) is 2.87. The van der Waals surface area contributed by atoms with Crippen LogP contribution in [-0.2, 0) is 4.79 Å². The molecular weight excluding hydrogens is 294 g/mol. The van der Waals surface area contributed by atoms with Crippen LogP contribution in [-0.4, -0.2) is 5.78 Å². The molecular formula is C22H29NO. The Morgan fingerprint density at radius 3 is 2.71 bits per heavy atom. The van der Waals surface area contributed by atoms with Gasteiger partial charge in [0.2, 0.25) is 0 Å². The molecule has 0 saturated heterocycles. The molecule has 0 aliphatic heterocycles. The van der Waals surface area contributed by atoms with Gasteiger partial charge in [-0.3, -0.25) is 4.79 Å². The highest BCUT2D eigenvalue weighted by Gasteiger charge is 2.70. The van der Waals surface area contributed by atoms with Crippen LogP contribution in [0, 0.1) is 63.6 Å². The second kappa shape index (κ2) is 4.54. The van der Waals surface area contributed by atoms with Crippen LogP contribution >= 0.6 is 0 Å².